The molecule has 5 rings (SSSR count). The first-order valence-electron chi connectivity index (χ1n) is 13.8. The van der Waals surface area contributed by atoms with Gasteiger partial charge in [0, 0.05) is 16.7 Å². The SMILES string of the molecule is CSCCC(N)C(=O)O[C@H]1C[C@@]2(C)[C@@H](C[C@H]3OC(C)(C)O[C@]32C(=O)CO)[C@@H]2CCC3=CC(=O)C=C[C@]3(C)[C@@]12F. The van der Waals surface area contributed by atoms with Crippen LogP contribution in [0.2, 0.25) is 0 Å². The van der Waals surface area contributed by atoms with E-state index in [1.807, 2.05) is 13.2 Å². The van der Waals surface area contributed by atoms with Gasteiger partial charge in [-0.1, -0.05) is 18.6 Å². The highest BCUT2D eigenvalue weighted by Gasteiger charge is 2.80. The quantitative estimate of drug-likeness (QED) is 0.448. The Morgan fingerprint density at radius 2 is 2.00 bits per heavy atom. The fraction of sp³-hybridized carbons (Fsp3) is 0.759. The van der Waals surface area contributed by atoms with Crippen LogP contribution in [0.3, 0.4) is 0 Å². The molecule has 0 aromatic rings. The number of halogens is 1. The maximum atomic E-state index is 18.2. The molecule has 4 fully saturated rings. The fourth-order valence-corrected chi connectivity index (χ4v) is 9.10. The van der Waals surface area contributed by atoms with E-state index in [4.69, 9.17) is 19.9 Å². The van der Waals surface area contributed by atoms with E-state index < -0.39 is 70.4 Å². The number of nitrogens with two attached hydrogens (primary N) is 1. The standard InChI is InChI=1S/C29H40FNO7S/c1-25(2)37-22-13-19-18-7-6-16-12-17(33)8-10-26(16,3)28(18,30)23(36-24(35)20(31)9-11-39-5)14-27(19,4)29(22,38-25)21(34)15-32/h8,10,12,18-20,22-23,32H,6-7,9,11,13-15,31H2,1-5H3/t18-,19-,20?,22+,23-,26-,27-,28-,29+/m0/s1. The normalized spacial score (nSPS) is 44.5. The third-order valence-corrected chi connectivity index (χ3v) is 11.0. The number of ketones is 2. The molecule has 0 amide bonds. The predicted molar refractivity (Wildman–Crippen MR) is 143 cm³/mol. The number of aliphatic hydroxyl groups excluding tert-OH is 1. The van der Waals surface area contributed by atoms with Gasteiger partial charge < -0.3 is 25.1 Å². The smallest absolute Gasteiger partial charge is 0.323 e. The zero-order valence-electron chi connectivity index (χ0n) is 23.3. The highest BCUT2D eigenvalue weighted by Crippen LogP contribution is 2.72. The van der Waals surface area contributed by atoms with Crippen LogP contribution in [0, 0.1) is 22.7 Å². The van der Waals surface area contributed by atoms with E-state index in [9.17, 15) is 19.5 Å². The zero-order chi connectivity index (χ0) is 28.6. The van der Waals surface area contributed by atoms with E-state index in [-0.39, 0.29) is 18.1 Å². The van der Waals surface area contributed by atoms with Crippen LogP contribution in [-0.2, 0) is 28.6 Å². The van der Waals surface area contributed by atoms with Crippen molar-refractivity contribution >= 4 is 29.3 Å². The van der Waals surface area contributed by atoms with Crippen LogP contribution in [-0.4, -0.2) is 76.6 Å². The maximum absolute atomic E-state index is 18.2. The second-order valence-corrected chi connectivity index (χ2v) is 13.7. The molecule has 9 atom stereocenters. The molecule has 1 heterocycles. The molecule has 0 spiro atoms. The molecule has 1 unspecified atom stereocenters. The van der Waals surface area contributed by atoms with Crippen LogP contribution in [0.1, 0.15) is 59.8 Å². The lowest BCUT2D eigenvalue weighted by Crippen LogP contribution is -2.70. The van der Waals surface area contributed by atoms with Crippen LogP contribution in [0.25, 0.3) is 0 Å². The molecule has 0 bridgehead atoms. The summed E-state index contributed by atoms with van der Waals surface area (Å²) in [5.74, 6) is -2.81. The minimum Gasteiger partial charge on any atom is -0.458 e. The minimum atomic E-state index is -2.06. The van der Waals surface area contributed by atoms with Crippen molar-refractivity contribution in [2.45, 2.75) is 95.1 Å². The number of aliphatic hydroxyl groups is 1. The van der Waals surface area contributed by atoms with Gasteiger partial charge in [-0.05, 0) is 83.0 Å². The lowest BCUT2D eigenvalue weighted by atomic mass is 9.44. The Morgan fingerprint density at radius 3 is 2.67 bits per heavy atom. The number of alkyl halides is 1. The van der Waals surface area contributed by atoms with Crippen molar-refractivity contribution in [3.8, 4) is 0 Å². The molecule has 1 aliphatic heterocycles. The average molecular weight is 566 g/mol. The second-order valence-electron chi connectivity index (χ2n) is 12.7. The predicted octanol–water partition coefficient (Wildman–Crippen LogP) is 3.05. The van der Waals surface area contributed by atoms with Gasteiger partial charge in [-0.3, -0.25) is 14.4 Å². The van der Waals surface area contributed by atoms with Crippen molar-refractivity contribution in [3.63, 3.8) is 0 Å². The lowest BCUT2D eigenvalue weighted by molar-refractivity contribution is -0.251. The Balaban J connectivity index is 1.63. The Morgan fingerprint density at radius 1 is 1.28 bits per heavy atom. The summed E-state index contributed by atoms with van der Waals surface area (Å²) in [4.78, 5) is 39.1. The number of hydrogen-bond donors (Lipinski definition) is 2. The monoisotopic (exact) mass is 565 g/mol. The van der Waals surface area contributed by atoms with Crippen molar-refractivity contribution in [3.05, 3.63) is 23.8 Å². The Labute approximate surface area is 233 Å². The number of rotatable bonds is 7. The molecule has 8 nitrogen and oxygen atoms in total. The number of carbonyl (C=O) groups excluding carboxylic acids is 3. The summed E-state index contributed by atoms with van der Waals surface area (Å²) in [6.45, 7) is 6.36. The molecule has 5 aliphatic rings. The van der Waals surface area contributed by atoms with E-state index in [0.29, 0.717) is 37.0 Å². The molecular weight excluding hydrogens is 525 g/mol. The number of hydrogen-bond acceptors (Lipinski definition) is 9. The van der Waals surface area contributed by atoms with Gasteiger partial charge in [-0.15, -0.1) is 0 Å². The first kappa shape index (κ1) is 28.9. The van der Waals surface area contributed by atoms with Gasteiger partial charge >= 0.3 is 5.97 Å². The number of carbonyl (C=O) groups is 3. The zero-order valence-corrected chi connectivity index (χ0v) is 24.1. The summed E-state index contributed by atoms with van der Waals surface area (Å²) in [7, 11) is 0. The largest absolute Gasteiger partial charge is 0.458 e. The molecule has 4 aliphatic carbocycles. The molecule has 39 heavy (non-hydrogen) atoms. The van der Waals surface area contributed by atoms with Gasteiger partial charge in [0.05, 0.1) is 6.10 Å². The highest BCUT2D eigenvalue weighted by molar-refractivity contribution is 7.98. The number of fused-ring (bicyclic) bond motifs is 7. The summed E-state index contributed by atoms with van der Waals surface area (Å²) in [5.41, 5.74) is 1.07. The highest BCUT2D eigenvalue weighted by atomic mass is 32.2. The molecule has 216 valence electrons. The molecule has 3 saturated carbocycles. The van der Waals surface area contributed by atoms with Gasteiger partial charge in [-0.25, -0.2) is 4.39 Å². The lowest BCUT2D eigenvalue weighted by Gasteiger charge is -2.63. The first-order valence-corrected chi connectivity index (χ1v) is 15.2. The number of ether oxygens (including phenoxy) is 3. The van der Waals surface area contributed by atoms with E-state index in [2.05, 4.69) is 0 Å². The number of Topliss-reactive ketones (excluding diaryl/α,β-unsaturated/α-hetero) is 1. The molecule has 0 aromatic carbocycles. The maximum Gasteiger partial charge on any atom is 0.323 e. The minimum absolute atomic E-state index is 0.0159. The topological polar surface area (TPSA) is 125 Å². The van der Waals surface area contributed by atoms with Crippen molar-refractivity contribution in [1.82, 2.24) is 0 Å². The Hall–Kier alpha value is -1.59. The molecule has 1 saturated heterocycles. The molecule has 3 N–H and O–H groups in total. The van der Waals surface area contributed by atoms with Crippen LogP contribution in [0.5, 0.6) is 0 Å². The van der Waals surface area contributed by atoms with Crippen LogP contribution < -0.4 is 5.73 Å². The summed E-state index contributed by atoms with van der Waals surface area (Å²) >= 11 is 1.55. The van der Waals surface area contributed by atoms with E-state index in [1.165, 1.54) is 12.2 Å². The van der Waals surface area contributed by atoms with Gasteiger partial charge in [0.2, 0.25) is 0 Å². The van der Waals surface area contributed by atoms with Crippen molar-refractivity contribution < 1.29 is 38.1 Å². The molecule has 0 radical (unpaired) electrons. The third-order valence-electron chi connectivity index (χ3n) is 10.4. The van der Waals surface area contributed by atoms with Gasteiger partial charge in [0.1, 0.15) is 18.8 Å². The van der Waals surface area contributed by atoms with Gasteiger partial charge in [0.25, 0.3) is 0 Å². The Bertz CT molecular complexity index is 1140. The first-order chi connectivity index (χ1) is 18.2. The van der Waals surface area contributed by atoms with Crippen LogP contribution in [0.15, 0.2) is 23.8 Å². The second kappa shape index (κ2) is 9.48. The number of esters is 1. The van der Waals surface area contributed by atoms with E-state index in [0.717, 1.165) is 0 Å². The molecule has 10 heteroatoms. The van der Waals surface area contributed by atoms with Crippen LogP contribution in [0.4, 0.5) is 4.39 Å². The summed E-state index contributed by atoms with van der Waals surface area (Å²) in [6.07, 6.45) is 6.12. The van der Waals surface area contributed by atoms with Crippen LogP contribution >= 0.6 is 11.8 Å². The molecule has 0 aromatic heterocycles. The van der Waals surface area contributed by atoms with E-state index >= 15 is 4.39 Å². The summed E-state index contributed by atoms with van der Waals surface area (Å²) in [6, 6.07) is -0.922. The number of thioether (sulfide) groups is 1. The van der Waals surface area contributed by atoms with Crippen molar-refractivity contribution in [1.29, 1.82) is 0 Å². The Kier molecular flexibility index (Phi) is 7.03. The average Bonchev–Trinajstić information content (AvgIpc) is 3.28. The van der Waals surface area contributed by atoms with E-state index in [1.54, 1.807) is 38.6 Å². The van der Waals surface area contributed by atoms with Crippen molar-refractivity contribution in [2.75, 3.05) is 18.6 Å². The van der Waals surface area contributed by atoms with Gasteiger partial charge in [0.15, 0.2) is 28.6 Å². The van der Waals surface area contributed by atoms with Gasteiger partial charge in [-0.2, -0.15) is 11.8 Å². The summed E-state index contributed by atoms with van der Waals surface area (Å²) < 4.78 is 36.9. The van der Waals surface area contributed by atoms with Crippen molar-refractivity contribution in [2.24, 2.45) is 28.4 Å². The third kappa shape index (κ3) is 3.88. The molecular formula is C29H40FNO7S. The summed E-state index contributed by atoms with van der Waals surface area (Å²) in [5, 5.41) is 10.1. The number of allylic oxidation sites excluding steroid dienone is 4. The fourth-order valence-electron chi connectivity index (χ4n) is 8.61.